The molecule has 1 aromatic heterocycles. The van der Waals surface area contributed by atoms with E-state index in [-0.39, 0.29) is 18.5 Å². The molecule has 1 heterocycles. The predicted molar refractivity (Wildman–Crippen MR) is 91.2 cm³/mol. The number of anilines is 2. The quantitative estimate of drug-likeness (QED) is 0.752. The first-order valence-electron chi connectivity index (χ1n) is 8.11. The highest BCUT2D eigenvalue weighted by Gasteiger charge is 2.36. The van der Waals surface area contributed by atoms with Crippen LogP contribution in [-0.2, 0) is 6.18 Å². The molecule has 0 N–H and O–H groups in total. The Morgan fingerprint density at radius 1 is 1.27 bits per heavy atom. The minimum absolute atomic E-state index is 0.0380. The molecule has 26 heavy (non-hydrogen) atoms. The van der Waals surface area contributed by atoms with Crippen LogP contribution in [0.1, 0.15) is 31.9 Å². The number of aromatic nitrogens is 2. The molecule has 1 aromatic carbocycles. The molecule has 0 unspecified atom stereocenters. The van der Waals surface area contributed by atoms with Crippen molar-refractivity contribution >= 4 is 11.6 Å². The van der Waals surface area contributed by atoms with E-state index < -0.39 is 17.6 Å². The van der Waals surface area contributed by atoms with Crippen LogP contribution in [0.5, 0.6) is 5.88 Å². The third-order valence-electron chi connectivity index (χ3n) is 3.47. The van der Waals surface area contributed by atoms with Crippen LogP contribution in [0.15, 0.2) is 30.5 Å². The van der Waals surface area contributed by atoms with Crippen LogP contribution in [0.25, 0.3) is 0 Å². The van der Waals surface area contributed by atoms with E-state index in [0.29, 0.717) is 17.8 Å². The lowest BCUT2D eigenvalue weighted by atomic mass is 10.2. The summed E-state index contributed by atoms with van der Waals surface area (Å²) in [7, 11) is 0. The van der Waals surface area contributed by atoms with E-state index in [1.54, 1.807) is 36.1 Å². The van der Waals surface area contributed by atoms with Gasteiger partial charge in [0.2, 0.25) is 11.8 Å². The second kappa shape index (κ2) is 8.04. The monoisotopic (exact) mass is 364 g/mol. The zero-order valence-electron chi connectivity index (χ0n) is 14.7. The van der Waals surface area contributed by atoms with Gasteiger partial charge in [0.25, 0.3) is 0 Å². The van der Waals surface area contributed by atoms with E-state index in [4.69, 9.17) is 4.74 Å². The number of halogens is 3. The van der Waals surface area contributed by atoms with Crippen LogP contribution in [0.2, 0.25) is 0 Å². The lowest BCUT2D eigenvalue weighted by molar-refractivity contribution is -0.139. The van der Waals surface area contributed by atoms with Gasteiger partial charge in [-0.3, -0.25) is 0 Å². The summed E-state index contributed by atoms with van der Waals surface area (Å²) in [5.41, 5.74) is -0.124. The number of nitriles is 1. The van der Waals surface area contributed by atoms with Gasteiger partial charge in [0, 0.05) is 12.7 Å². The lowest BCUT2D eigenvalue weighted by Gasteiger charge is -2.23. The minimum atomic E-state index is -4.62. The number of benzene rings is 1. The molecule has 0 radical (unpaired) electrons. The zero-order chi connectivity index (χ0) is 19.3. The van der Waals surface area contributed by atoms with Crippen LogP contribution >= 0.6 is 0 Å². The maximum Gasteiger partial charge on any atom is 0.423 e. The van der Waals surface area contributed by atoms with E-state index in [1.165, 1.54) is 0 Å². The number of nitrogens with zero attached hydrogens (tertiary/aromatic N) is 4. The van der Waals surface area contributed by atoms with Crippen molar-refractivity contribution in [2.75, 3.05) is 18.1 Å². The van der Waals surface area contributed by atoms with Crippen molar-refractivity contribution in [3.05, 3.63) is 41.6 Å². The first kappa shape index (κ1) is 19.5. The van der Waals surface area contributed by atoms with Gasteiger partial charge in [-0.1, -0.05) is 26.0 Å². The average Bonchev–Trinajstić information content (AvgIpc) is 2.60. The number of hydrogen-bond donors (Lipinski definition) is 0. The molecule has 0 saturated carbocycles. The molecule has 0 amide bonds. The van der Waals surface area contributed by atoms with E-state index in [0.717, 1.165) is 6.20 Å². The van der Waals surface area contributed by atoms with Gasteiger partial charge in [0.1, 0.15) is 11.6 Å². The number of alkyl halides is 3. The molecule has 0 bridgehead atoms. The summed E-state index contributed by atoms with van der Waals surface area (Å²) in [5.74, 6) is -0.429. The van der Waals surface area contributed by atoms with Crippen molar-refractivity contribution < 1.29 is 17.9 Å². The molecule has 2 aromatic rings. The minimum Gasteiger partial charge on any atom is -0.477 e. The third-order valence-corrected chi connectivity index (χ3v) is 3.47. The summed E-state index contributed by atoms with van der Waals surface area (Å²) >= 11 is 0. The van der Waals surface area contributed by atoms with Crippen LogP contribution in [0.4, 0.5) is 24.8 Å². The highest BCUT2D eigenvalue weighted by molar-refractivity contribution is 5.65. The fourth-order valence-electron chi connectivity index (χ4n) is 2.26. The molecule has 0 aliphatic rings. The van der Waals surface area contributed by atoms with Crippen LogP contribution in [0.3, 0.4) is 0 Å². The molecule has 0 saturated heterocycles. The van der Waals surface area contributed by atoms with Gasteiger partial charge in [0.05, 0.1) is 17.9 Å². The van der Waals surface area contributed by atoms with Crippen molar-refractivity contribution in [2.24, 2.45) is 5.92 Å². The van der Waals surface area contributed by atoms with Gasteiger partial charge >= 0.3 is 6.18 Å². The fraction of sp³-hybridized carbons (Fsp3) is 0.389. The van der Waals surface area contributed by atoms with Crippen LogP contribution in [-0.4, -0.2) is 23.1 Å². The number of para-hydroxylation sites is 1. The molecule has 0 fully saturated rings. The molecule has 0 aliphatic carbocycles. The molecule has 138 valence electrons. The van der Waals surface area contributed by atoms with E-state index >= 15 is 0 Å². The molecule has 2 rings (SSSR count). The Kier molecular flexibility index (Phi) is 6.03. The summed E-state index contributed by atoms with van der Waals surface area (Å²) in [4.78, 5) is 9.43. The first-order chi connectivity index (χ1) is 12.3. The van der Waals surface area contributed by atoms with E-state index in [1.807, 2.05) is 13.8 Å². The fourth-order valence-corrected chi connectivity index (χ4v) is 2.26. The van der Waals surface area contributed by atoms with Crippen molar-refractivity contribution in [1.29, 1.82) is 5.26 Å². The van der Waals surface area contributed by atoms with E-state index in [2.05, 4.69) is 16.0 Å². The standard InChI is InChI=1S/C18H19F3N4O/c1-4-25(15-8-6-5-7-13(15)9-22)17-23-10-14(18(19,20)21)16(24-17)26-11-12(2)3/h5-8,10,12H,4,11H2,1-3H3. The lowest BCUT2D eigenvalue weighted by Crippen LogP contribution is -2.22. The van der Waals surface area contributed by atoms with Crippen molar-refractivity contribution in [1.82, 2.24) is 9.97 Å². The SMILES string of the molecule is CCN(c1ncc(C(F)(F)F)c(OCC(C)C)n1)c1ccccc1C#N. The zero-order valence-corrected chi connectivity index (χ0v) is 14.7. The number of rotatable bonds is 6. The summed E-state index contributed by atoms with van der Waals surface area (Å²) in [6.45, 7) is 5.92. The van der Waals surface area contributed by atoms with Gasteiger partial charge in [-0.2, -0.15) is 23.4 Å². The third kappa shape index (κ3) is 4.42. The van der Waals surface area contributed by atoms with Crippen molar-refractivity contribution in [2.45, 2.75) is 26.9 Å². The molecular weight excluding hydrogens is 345 g/mol. The molecule has 0 spiro atoms. The highest BCUT2D eigenvalue weighted by atomic mass is 19.4. The average molecular weight is 364 g/mol. The van der Waals surface area contributed by atoms with E-state index in [9.17, 15) is 18.4 Å². The predicted octanol–water partition coefficient (Wildman–Crippen LogP) is 4.56. The van der Waals surface area contributed by atoms with Crippen LogP contribution in [0, 0.1) is 17.2 Å². The smallest absolute Gasteiger partial charge is 0.423 e. The topological polar surface area (TPSA) is 62.0 Å². The summed E-state index contributed by atoms with van der Waals surface area (Å²) in [5, 5.41) is 9.27. The van der Waals surface area contributed by atoms with Gasteiger partial charge in [-0.15, -0.1) is 0 Å². The summed E-state index contributed by atoms with van der Waals surface area (Å²) < 4.78 is 44.9. The molecule has 0 aliphatic heterocycles. The highest BCUT2D eigenvalue weighted by Crippen LogP contribution is 2.36. The summed E-state index contributed by atoms with van der Waals surface area (Å²) in [6.07, 6.45) is -3.90. The second-order valence-electron chi connectivity index (χ2n) is 5.96. The van der Waals surface area contributed by atoms with Gasteiger partial charge in [-0.25, -0.2) is 4.98 Å². The maximum absolute atomic E-state index is 13.2. The Hall–Kier alpha value is -2.82. The largest absolute Gasteiger partial charge is 0.477 e. The molecule has 5 nitrogen and oxygen atoms in total. The first-order valence-corrected chi connectivity index (χ1v) is 8.11. The van der Waals surface area contributed by atoms with Crippen LogP contribution < -0.4 is 9.64 Å². The molecule has 8 heteroatoms. The Morgan fingerprint density at radius 3 is 2.54 bits per heavy atom. The maximum atomic E-state index is 13.2. The number of ether oxygens (including phenoxy) is 1. The Bertz CT molecular complexity index is 800. The van der Waals surface area contributed by atoms with Gasteiger partial charge in [-0.05, 0) is 25.0 Å². The molecule has 0 atom stereocenters. The Balaban J connectivity index is 2.51. The Labute approximate surface area is 150 Å². The van der Waals surface area contributed by atoms with Crippen molar-refractivity contribution in [3.8, 4) is 11.9 Å². The normalized spacial score (nSPS) is 11.3. The second-order valence-corrected chi connectivity index (χ2v) is 5.96. The van der Waals surface area contributed by atoms with Gasteiger partial charge < -0.3 is 9.64 Å². The van der Waals surface area contributed by atoms with Crippen molar-refractivity contribution in [3.63, 3.8) is 0 Å². The molecular formula is C18H19F3N4O. The summed E-state index contributed by atoms with van der Waals surface area (Å²) in [6, 6.07) is 8.82. The number of hydrogen-bond acceptors (Lipinski definition) is 5. The van der Waals surface area contributed by atoms with Gasteiger partial charge in [0.15, 0.2) is 0 Å². The Morgan fingerprint density at radius 2 is 1.96 bits per heavy atom.